The molecule has 1 aromatic heterocycles. The van der Waals surface area contributed by atoms with E-state index in [-0.39, 0.29) is 5.82 Å². The second-order valence-corrected chi connectivity index (χ2v) is 3.58. The molecule has 0 radical (unpaired) electrons. The highest BCUT2D eigenvalue weighted by Gasteiger charge is 2.10. The molecule has 2 aromatic rings. The van der Waals surface area contributed by atoms with E-state index in [1.165, 1.54) is 0 Å². The molecule has 0 bridgehead atoms. The zero-order chi connectivity index (χ0) is 11.5. The van der Waals surface area contributed by atoms with Crippen molar-refractivity contribution in [3.05, 3.63) is 47.0 Å². The molecule has 1 heterocycles. The SMILES string of the molecule is Cc1cccc(Cc2nc(C(=O)O)n[nH]2)c1. The van der Waals surface area contributed by atoms with Gasteiger partial charge in [0.2, 0.25) is 0 Å². The van der Waals surface area contributed by atoms with Crippen LogP contribution in [0.5, 0.6) is 0 Å². The third-order valence-electron chi connectivity index (χ3n) is 2.18. The molecule has 82 valence electrons. The number of carboxylic acids is 1. The predicted molar refractivity (Wildman–Crippen MR) is 57.3 cm³/mol. The van der Waals surface area contributed by atoms with Gasteiger partial charge in [-0.05, 0) is 12.5 Å². The molecular weight excluding hydrogens is 206 g/mol. The molecule has 0 atom stereocenters. The fourth-order valence-corrected chi connectivity index (χ4v) is 1.49. The van der Waals surface area contributed by atoms with Crippen LogP contribution in [0.3, 0.4) is 0 Å². The van der Waals surface area contributed by atoms with Crippen LogP contribution in [0.15, 0.2) is 24.3 Å². The number of hydrogen-bond donors (Lipinski definition) is 2. The fourth-order valence-electron chi connectivity index (χ4n) is 1.49. The van der Waals surface area contributed by atoms with Gasteiger partial charge in [0, 0.05) is 6.42 Å². The normalized spacial score (nSPS) is 10.3. The number of hydrogen-bond acceptors (Lipinski definition) is 3. The molecule has 2 rings (SSSR count). The summed E-state index contributed by atoms with van der Waals surface area (Å²) in [6.45, 7) is 2.01. The number of aromatic amines is 1. The molecule has 0 unspecified atom stereocenters. The fraction of sp³-hybridized carbons (Fsp3) is 0.182. The number of aromatic nitrogens is 3. The maximum absolute atomic E-state index is 10.6. The Morgan fingerprint density at radius 2 is 2.31 bits per heavy atom. The number of H-pyrrole nitrogens is 1. The van der Waals surface area contributed by atoms with Crippen LogP contribution >= 0.6 is 0 Å². The monoisotopic (exact) mass is 217 g/mol. The van der Waals surface area contributed by atoms with Gasteiger partial charge in [-0.1, -0.05) is 29.8 Å². The molecule has 5 heteroatoms. The lowest BCUT2D eigenvalue weighted by molar-refractivity contribution is 0.0684. The molecule has 0 amide bonds. The summed E-state index contributed by atoms with van der Waals surface area (Å²) in [4.78, 5) is 14.4. The van der Waals surface area contributed by atoms with Crippen LogP contribution in [-0.4, -0.2) is 26.3 Å². The molecule has 0 saturated heterocycles. The average Bonchev–Trinajstić information content (AvgIpc) is 2.66. The summed E-state index contributed by atoms with van der Waals surface area (Å²) in [7, 11) is 0. The van der Waals surface area contributed by atoms with Gasteiger partial charge in [0.15, 0.2) is 0 Å². The Balaban J connectivity index is 2.17. The highest BCUT2D eigenvalue weighted by atomic mass is 16.4. The van der Waals surface area contributed by atoms with E-state index in [4.69, 9.17) is 5.11 Å². The van der Waals surface area contributed by atoms with Gasteiger partial charge in [0.05, 0.1) is 0 Å². The molecule has 0 aliphatic rings. The van der Waals surface area contributed by atoms with E-state index >= 15 is 0 Å². The Kier molecular flexibility index (Phi) is 2.68. The standard InChI is InChI=1S/C11H11N3O2/c1-7-3-2-4-8(5-7)6-9-12-10(11(15)16)14-13-9/h2-5H,6H2,1H3,(H,15,16)(H,12,13,14). The van der Waals surface area contributed by atoms with Crippen molar-refractivity contribution in [2.45, 2.75) is 13.3 Å². The maximum Gasteiger partial charge on any atom is 0.375 e. The average molecular weight is 217 g/mol. The lowest BCUT2D eigenvalue weighted by Gasteiger charge is -1.98. The lowest BCUT2D eigenvalue weighted by atomic mass is 10.1. The quantitative estimate of drug-likeness (QED) is 0.814. The van der Waals surface area contributed by atoms with Crippen LogP contribution < -0.4 is 0 Å². The van der Waals surface area contributed by atoms with Crippen molar-refractivity contribution < 1.29 is 9.90 Å². The van der Waals surface area contributed by atoms with Gasteiger partial charge >= 0.3 is 5.97 Å². The van der Waals surface area contributed by atoms with Crippen molar-refractivity contribution in [2.75, 3.05) is 0 Å². The maximum atomic E-state index is 10.6. The number of carbonyl (C=O) groups is 1. The van der Waals surface area contributed by atoms with E-state index in [1.54, 1.807) is 0 Å². The third-order valence-corrected chi connectivity index (χ3v) is 2.18. The minimum absolute atomic E-state index is 0.192. The largest absolute Gasteiger partial charge is 0.475 e. The topological polar surface area (TPSA) is 78.9 Å². The van der Waals surface area contributed by atoms with Crippen molar-refractivity contribution in [2.24, 2.45) is 0 Å². The minimum atomic E-state index is -1.12. The van der Waals surface area contributed by atoms with Gasteiger partial charge < -0.3 is 5.11 Å². The minimum Gasteiger partial charge on any atom is -0.475 e. The van der Waals surface area contributed by atoms with E-state index in [2.05, 4.69) is 15.2 Å². The molecule has 5 nitrogen and oxygen atoms in total. The van der Waals surface area contributed by atoms with Gasteiger partial charge in [-0.2, -0.15) is 0 Å². The number of aryl methyl sites for hydroxylation is 1. The van der Waals surface area contributed by atoms with Crippen molar-refractivity contribution in [1.82, 2.24) is 15.2 Å². The molecule has 0 fully saturated rings. The van der Waals surface area contributed by atoms with Gasteiger partial charge in [0.25, 0.3) is 5.82 Å². The third kappa shape index (κ3) is 2.25. The van der Waals surface area contributed by atoms with Gasteiger partial charge in [-0.25, -0.2) is 9.78 Å². The first-order valence-electron chi connectivity index (χ1n) is 4.85. The highest BCUT2D eigenvalue weighted by Crippen LogP contribution is 2.08. The number of benzene rings is 1. The summed E-state index contributed by atoms with van der Waals surface area (Å²) in [5.74, 6) is -0.752. The first kappa shape index (κ1) is 10.4. The predicted octanol–water partition coefficient (Wildman–Crippen LogP) is 1.40. The zero-order valence-corrected chi connectivity index (χ0v) is 8.77. The Bertz CT molecular complexity index is 519. The summed E-state index contributed by atoms with van der Waals surface area (Å²) in [6, 6.07) is 7.96. The van der Waals surface area contributed by atoms with E-state index in [9.17, 15) is 4.79 Å². The van der Waals surface area contributed by atoms with Crippen LogP contribution in [0, 0.1) is 6.92 Å². The second kappa shape index (κ2) is 4.14. The van der Waals surface area contributed by atoms with E-state index < -0.39 is 5.97 Å². The van der Waals surface area contributed by atoms with Crippen LogP contribution in [0.1, 0.15) is 27.6 Å². The molecule has 0 aliphatic carbocycles. The van der Waals surface area contributed by atoms with Crippen LogP contribution in [0.2, 0.25) is 0 Å². The Hall–Kier alpha value is -2.17. The zero-order valence-electron chi connectivity index (χ0n) is 8.77. The second-order valence-electron chi connectivity index (χ2n) is 3.58. The summed E-state index contributed by atoms with van der Waals surface area (Å²) in [6.07, 6.45) is 0.557. The number of rotatable bonds is 3. The van der Waals surface area contributed by atoms with Crippen LogP contribution in [-0.2, 0) is 6.42 Å². The van der Waals surface area contributed by atoms with E-state index in [0.717, 1.165) is 11.1 Å². The summed E-state index contributed by atoms with van der Waals surface area (Å²) in [5, 5.41) is 14.9. The molecule has 0 aliphatic heterocycles. The number of nitrogens with one attached hydrogen (secondary N) is 1. The molecule has 16 heavy (non-hydrogen) atoms. The molecular formula is C11H11N3O2. The van der Waals surface area contributed by atoms with Gasteiger partial charge in [0.1, 0.15) is 5.82 Å². The van der Waals surface area contributed by atoms with Crippen LogP contribution in [0.4, 0.5) is 0 Å². The number of carboxylic acid groups (broad SMARTS) is 1. The van der Waals surface area contributed by atoms with Gasteiger partial charge in [-0.15, -0.1) is 5.10 Å². The Morgan fingerprint density at radius 3 is 2.94 bits per heavy atom. The van der Waals surface area contributed by atoms with E-state index in [0.29, 0.717) is 12.2 Å². The van der Waals surface area contributed by atoms with Crippen molar-refractivity contribution >= 4 is 5.97 Å². The van der Waals surface area contributed by atoms with Crippen LogP contribution in [0.25, 0.3) is 0 Å². The Labute approximate surface area is 92.2 Å². The first-order valence-corrected chi connectivity index (χ1v) is 4.85. The molecule has 2 N–H and O–H groups in total. The number of nitrogens with zero attached hydrogens (tertiary/aromatic N) is 2. The molecule has 0 saturated carbocycles. The summed E-state index contributed by atoms with van der Waals surface area (Å²) >= 11 is 0. The Morgan fingerprint density at radius 1 is 1.50 bits per heavy atom. The molecule has 1 aromatic carbocycles. The van der Waals surface area contributed by atoms with Crippen molar-refractivity contribution in [3.8, 4) is 0 Å². The highest BCUT2D eigenvalue weighted by molar-refractivity contribution is 5.82. The van der Waals surface area contributed by atoms with Gasteiger partial charge in [-0.3, -0.25) is 5.10 Å². The smallest absolute Gasteiger partial charge is 0.375 e. The van der Waals surface area contributed by atoms with Crippen molar-refractivity contribution in [3.63, 3.8) is 0 Å². The number of aromatic carboxylic acids is 1. The van der Waals surface area contributed by atoms with Crippen molar-refractivity contribution in [1.29, 1.82) is 0 Å². The summed E-state index contributed by atoms with van der Waals surface area (Å²) < 4.78 is 0. The first-order chi connectivity index (χ1) is 7.65. The van der Waals surface area contributed by atoms with E-state index in [1.807, 2.05) is 31.2 Å². The lowest BCUT2D eigenvalue weighted by Crippen LogP contribution is -1.99. The summed E-state index contributed by atoms with van der Waals surface area (Å²) in [5.41, 5.74) is 2.24. The molecule has 0 spiro atoms.